The van der Waals surface area contributed by atoms with Crippen LogP contribution >= 0.6 is 11.3 Å². The molecule has 3 rings (SSSR count). The zero-order valence-electron chi connectivity index (χ0n) is 13.9. The molecule has 0 aliphatic rings. The minimum Gasteiger partial charge on any atom is -0.494 e. The van der Waals surface area contributed by atoms with E-state index >= 15 is 0 Å². The van der Waals surface area contributed by atoms with Crippen molar-refractivity contribution in [2.45, 2.75) is 13.3 Å². The SMILES string of the molecule is CCOc1ccc(Oc2ccccc2NC(=O)Cc2ccsc2)cc1. The molecule has 25 heavy (non-hydrogen) atoms. The van der Waals surface area contributed by atoms with E-state index in [2.05, 4.69) is 5.32 Å². The summed E-state index contributed by atoms with van der Waals surface area (Å²) in [5.74, 6) is 2.02. The molecule has 4 nitrogen and oxygen atoms in total. The summed E-state index contributed by atoms with van der Waals surface area (Å²) in [7, 11) is 0. The van der Waals surface area contributed by atoms with Gasteiger partial charge in [-0.2, -0.15) is 11.3 Å². The van der Waals surface area contributed by atoms with Crippen molar-refractivity contribution >= 4 is 22.9 Å². The predicted molar refractivity (Wildman–Crippen MR) is 101 cm³/mol. The van der Waals surface area contributed by atoms with Crippen molar-refractivity contribution in [1.29, 1.82) is 0 Å². The van der Waals surface area contributed by atoms with E-state index in [9.17, 15) is 4.79 Å². The predicted octanol–water partition coefficient (Wildman–Crippen LogP) is 5.12. The minimum absolute atomic E-state index is 0.0684. The molecule has 128 valence electrons. The lowest BCUT2D eigenvalue weighted by Gasteiger charge is -2.12. The van der Waals surface area contributed by atoms with Gasteiger partial charge in [0.1, 0.15) is 11.5 Å². The number of benzene rings is 2. The lowest BCUT2D eigenvalue weighted by Crippen LogP contribution is -2.14. The average molecular weight is 353 g/mol. The van der Waals surface area contributed by atoms with Gasteiger partial charge in [-0.05, 0) is 65.7 Å². The lowest BCUT2D eigenvalue weighted by molar-refractivity contribution is -0.115. The average Bonchev–Trinajstić information content (AvgIpc) is 3.11. The quantitative estimate of drug-likeness (QED) is 0.641. The fourth-order valence-corrected chi connectivity index (χ4v) is 3.00. The molecule has 0 unspecified atom stereocenters. The van der Waals surface area contributed by atoms with Crippen molar-refractivity contribution < 1.29 is 14.3 Å². The highest BCUT2D eigenvalue weighted by Crippen LogP contribution is 2.30. The fourth-order valence-electron chi connectivity index (χ4n) is 2.33. The minimum atomic E-state index is -0.0684. The molecule has 1 amide bonds. The van der Waals surface area contributed by atoms with E-state index < -0.39 is 0 Å². The molecule has 1 N–H and O–H groups in total. The molecule has 2 aromatic carbocycles. The van der Waals surface area contributed by atoms with Gasteiger partial charge in [-0.15, -0.1) is 0 Å². The van der Waals surface area contributed by atoms with Gasteiger partial charge in [0.25, 0.3) is 0 Å². The number of para-hydroxylation sites is 2. The fraction of sp³-hybridized carbons (Fsp3) is 0.150. The lowest BCUT2D eigenvalue weighted by atomic mass is 10.2. The smallest absolute Gasteiger partial charge is 0.228 e. The molecule has 0 saturated carbocycles. The third-order valence-electron chi connectivity index (χ3n) is 3.47. The van der Waals surface area contributed by atoms with Crippen molar-refractivity contribution in [2.75, 3.05) is 11.9 Å². The van der Waals surface area contributed by atoms with Crippen molar-refractivity contribution in [2.24, 2.45) is 0 Å². The second-order valence-corrected chi connectivity index (χ2v) is 6.14. The van der Waals surface area contributed by atoms with Gasteiger partial charge in [-0.25, -0.2) is 0 Å². The Bertz CT molecular complexity index is 813. The summed E-state index contributed by atoms with van der Waals surface area (Å²) in [6, 6.07) is 16.7. The Morgan fingerprint density at radius 2 is 1.80 bits per heavy atom. The van der Waals surface area contributed by atoms with Crippen LogP contribution in [0.2, 0.25) is 0 Å². The molecule has 3 aromatic rings. The molecule has 0 bridgehead atoms. The highest BCUT2D eigenvalue weighted by atomic mass is 32.1. The first kappa shape index (κ1) is 17.0. The van der Waals surface area contributed by atoms with Crippen LogP contribution in [0.15, 0.2) is 65.4 Å². The molecule has 0 aliphatic carbocycles. The van der Waals surface area contributed by atoms with Gasteiger partial charge in [0.05, 0.1) is 18.7 Å². The van der Waals surface area contributed by atoms with Crippen LogP contribution in [0.3, 0.4) is 0 Å². The van der Waals surface area contributed by atoms with E-state index in [4.69, 9.17) is 9.47 Å². The van der Waals surface area contributed by atoms with Crippen molar-refractivity contribution in [3.8, 4) is 17.2 Å². The number of anilines is 1. The number of thiophene rings is 1. The summed E-state index contributed by atoms with van der Waals surface area (Å²) < 4.78 is 11.3. The van der Waals surface area contributed by atoms with Crippen molar-refractivity contribution in [3.05, 3.63) is 70.9 Å². The summed E-state index contributed by atoms with van der Waals surface area (Å²) >= 11 is 1.58. The van der Waals surface area contributed by atoms with Crippen molar-refractivity contribution in [3.63, 3.8) is 0 Å². The van der Waals surface area contributed by atoms with Crippen LogP contribution in [0, 0.1) is 0 Å². The number of ether oxygens (including phenoxy) is 2. The van der Waals surface area contributed by atoms with Crippen LogP contribution in [0.1, 0.15) is 12.5 Å². The zero-order valence-corrected chi connectivity index (χ0v) is 14.7. The van der Waals surface area contributed by atoms with Crippen molar-refractivity contribution in [1.82, 2.24) is 0 Å². The van der Waals surface area contributed by atoms with Gasteiger partial charge >= 0.3 is 0 Å². The van der Waals surface area contributed by atoms with E-state index in [1.54, 1.807) is 11.3 Å². The van der Waals surface area contributed by atoms with Gasteiger partial charge in [0.15, 0.2) is 5.75 Å². The number of nitrogens with one attached hydrogen (secondary N) is 1. The molecular formula is C20H19NO3S. The van der Waals surface area contributed by atoms with Gasteiger partial charge < -0.3 is 14.8 Å². The molecular weight excluding hydrogens is 334 g/mol. The van der Waals surface area contributed by atoms with Crippen LogP contribution in [0.25, 0.3) is 0 Å². The Hall–Kier alpha value is -2.79. The van der Waals surface area contributed by atoms with Crippen LogP contribution in [0.5, 0.6) is 17.2 Å². The summed E-state index contributed by atoms with van der Waals surface area (Å²) in [6.45, 7) is 2.57. The largest absolute Gasteiger partial charge is 0.494 e. The second kappa shape index (κ2) is 8.35. The van der Waals surface area contributed by atoms with Gasteiger partial charge in [-0.3, -0.25) is 4.79 Å². The third kappa shape index (κ3) is 4.84. The number of hydrogen-bond donors (Lipinski definition) is 1. The number of hydrogen-bond acceptors (Lipinski definition) is 4. The number of carbonyl (C=O) groups is 1. The standard InChI is InChI=1S/C20H19NO3S/c1-2-23-16-7-9-17(10-8-16)24-19-6-4-3-5-18(19)21-20(22)13-15-11-12-25-14-15/h3-12,14H,2,13H2,1H3,(H,21,22). The highest BCUT2D eigenvalue weighted by molar-refractivity contribution is 7.08. The first-order chi connectivity index (χ1) is 12.2. The van der Waals surface area contributed by atoms with E-state index in [1.165, 1.54) is 0 Å². The Balaban J connectivity index is 1.68. The van der Waals surface area contributed by atoms with Gasteiger partial charge in [0.2, 0.25) is 5.91 Å². The summed E-state index contributed by atoms with van der Waals surface area (Å²) in [5.41, 5.74) is 1.66. The number of rotatable bonds is 7. The number of carbonyl (C=O) groups excluding carboxylic acids is 1. The molecule has 0 atom stereocenters. The Kier molecular flexibility index (Phi) is 5.69. The molecule has 0 aliphatic heterocycles. The topological polar surface area (TPSA) is 47.6 Å². The van der Waals surface area contributed by atoms with Crippen LogP contribution < -0.4 is 14.8 Å². The van der Waals surface area contributed by atoms with E-state index in [0.29, 0.717) is 30.2 Å². The van der Waals surface area contributed by atoms with Crippen LogP contribution in [-0.4, -0.2) is 12.5 Å². The maximum absolute atomic E-state index is 12.2. The van der Waals surface area contributed by atoms with Gasteiger partial charge in [0, 0.05) is 0 Å². The van der Waals surface area contributed by atoms with Crippen LogP contribution in [-0.2, 0) is 11.2 Å². The van der Waals surface area contributed by atoms with Crippen LogP contribution in [0.4, 0.5) is 5.69 Å². The summed E-state index contributed by atoms with van der Waals surface area (Å²) in [5, 5.41) is 6.85. The Morgan fingerprint density at radius 1 is 1.04 bits per heavy atom. The molecule has 0 radical (unpaired) electrons. The maximum Gasteiger partial charge on any atom is 0.228 e. The zero-order chi connectivity index (χ0) is 17.5. The van der Waals surface area contributed by atoms with E-state index in [1.807, 2.05) is 72.3 Å². The summed E-state index contributed by atoms with van der Waals surface area (Å²) in [6.07, 6.45) is 0.348. The number of amides is 1. The first-order valence-electron chi connectivity index (χ1n) is 8.05. The van der Waals surface area contributed by atoms with Gasteiger partial charge in [-0.1, -0.05) is 12.1 Å². The molecule has 5 heteroatoms. The molecule has 1 heterocycles. The maximum atomic E-state index is 12.2. The molecule has 0 fully saturated rings. The highest BCUT2D eigenvalue weighted by Gasteiger charge is 2.09. The third-order valence-corrected chi connectivity index (χ3v) is 4.20. The van der Waals surface area contributed by atoms with E-state index in [0.717, 1.165) is 11.3 Å². The Morgan fingerprint density at radius 3 is 2.52 bits per heavy atom. The molecule has 0 saturated heterocycles. The normalized spacial score (nSPS) is 10.3. The monoisotopic (exact) mass is 353 g/mol. The molecule has 1 aromatic heterocycles. The van der Waals surface area contributed by atoms with E-state index in [-0.39, 0.29) is 5.91 Å². The first-order valence-corrected chi connectivity index (χ1v) is 8.99. The Labute approximate surface area is 151 Å². The molecule has 0 spiro atoms. The summed E-state index contributed by atoms with van der Waals surface area (Å²) in [4.78, 5) is 12.2. The second-order valence-electron chi connectivity index (χ2n) is 5.36.